The number of benzene rings is 1. The minimum absolute atomic E-state index is 0.0954. The fourth-order valence-corrected chi connectivity index (χ4v) is 6.49. The van der Waals surface area contributed by atoms with Crippen LogP contribution in [0.5, 0.6) is 5.75 Å². The number of carbonyl (C=O) groups is 3. The van der Waals surface area contributed by atoms with Crippen LogP contribution in [0.25, 0.3) is 0 Å². The summed E-state index contributed by atoms with van der Waals surface area (Å²) in [7, 11) is 1.68. The zero-order valence-corrected chi connectivity index (χ0v) is 17.1. The molecule has 30 heavy (non-hydrogen) atoms. The van der Waals surface area contributed by atoms with Gasteiger partial charge in [0.25, 0.3) is 0 Å². The van der Waals surface area contributed by atoms with Gasteiger partial charge in [0.2, 0.25) is 11.6 Å². The highest BCUT2D eigenvalue weighted by molar-refractivity contribution is 6.42. The Kier molecular flexibility index (Phi) is 4.68. The highest BCUT2D eigenvalue weighted by Gasteiger charge is 2.52. The van der Waals surface area contributed by atoms with Crippen LogP contribution in [0, 0.1) is 17.8 Å². The van der Waals surface area contributed by atoms with Gasteiger partial charge in [0.05, 0.1) is 12.7 Å². The lowest BCUT2D eigenvalue weighted by Crippen LogP contribution is -2.48. The number of rotatable bonds is 5. The minimum atomic E-state index is -0.624. The molecule has 158 valence electrons. The van der Waals surface area contributed by atoms with E-state index in [1.165, 1.54) is 38.5 Å². The smallest absolute Gasteiger partial charge is 0.338 e. The fourth-order valence-electron chi connectivity index (χ4n) is 6.49. The van der Waals surface area contributed by atoms with Crippen molar-refractivity contribution in [1.82, 2.24) is 0 Å². The molecule has 0 N–H and O–H groups in total. The highest BCUT2D eigenvalue weighted by atomic mass is 16.6. The molecule has 0 aromatic heterocycles. The van der Waals surface area contributed by atoms with Crippen molar-refractivity contribution in [1.29, 1.82) is 0 Å². The molecule has 1 heterocycles. The number of methoxy groups -OCH3 is 1. The lowest BCUT2D eigenvalue weighted by Gasteiger charge is -2.57. The molecule has 0 radical (unpaired) electrons. The Bertz CT molecular complexity index is 908. The third-order valence-electron chi connectivity index (χ3n) is 7.35. The van der Waals surface area contributed by atoms with Crippen LogP contribution in [0.1, 0.15) is 54.4 Å². The van der Waals surface area contributed by atoms with Crippen molar-refractivity contribution in [3.8, 4) is 5.75 Å². The molecule has 5 aliphatic rings. The van der Waals surface area contributed by atoms with E-state index in [9.17, 15) is 14.4 Å². The van der Waals surface area contributed by atoms with Crippen LogP contribution >= 0.6 is 0 Å². The summed E-state index contributed by atoms with van der Waals surface area (Å²) >= 11 is 0. The second-order valence-electron chi connectivity index (χ2n) is 9.38. The number of carbonyl (C=O) groups excluding carboxylic acids is 3. The molecule has 0 unspecified atom stereocenters. The maximum Gasteiger partial charge on any atom is 0.338 e. The number of esters is 1. The Hall–Kier alpha value is -2.63. The van der Waals surface area contributed by atoms with E-state index in [4.69, 9.17) is 14.2 Å². The molecule has 4 aliphatic carbocycles. The molecule has 4 fully saturated rings. The van der Waals surface area contributed by atoms with Crippen LogP contribution < -0.4 is 4.74 Å². The minimum Gasteiger partial charge on any atom is -0.496 e. The fraction of sp³-hybridized carbons (Fsp3) is 0.542. The summed E-state index contributed by atoms with van der Waals surface area (Å²) in [6.07, 6.45) is 8.65. The average Bonchev–Trinajstić information content (AvgIpc) is 2.73. The molecule has 0 spiro atoms. The van der Waals surface area contributed by atoms with Gasteiger partial charge in [0, 0.05) is 11.6 Å². The summed E-state index contributed by atoms with van der Waals surface area (Å²) in [4.78, 5) is 35.4. The Labute approximate surface area is 175 Å². The van der Waals surface area contributed by atoms with E-state index >= 15 is 0 Å². The summed E-state index contributed by atoms with van der Waals surface area (Å²) in [6.45, 7) is -0.475. The maximum absolute atomic E-state index is 12.7. The topological polar surface area (TPSA) is 78.9 Å². The Morgan fingerprint density at radius 1 is 1.10 bits per heavy atom. The first-order valence-electron chi connectivity index (χ1n) is 10.7. The van der Waals surface area contributed by atoms with Crippen molar-refractivity contribution >= 4 is 17.5 Å². The molecule has 6 rings (SSSR count). The van der Waals surface area contributed by atoms with Gasteiger partial charge in [-0.3, -0.25) is 9.59 Å². The van der Waals surface area contributed by atoms with Crippen molar-refractivity contribution in [2.45, 2.75) is 43.9 Å². The predicted octanol–water partition coefficient (Wildman–Crippen LogP) is 3.37. The first-order chi connectivity index (χ1) is 14.5. The summed E-state index contributed by atoms with van der Waals surface area (Å²) in [5, 5.41) is 0. The summed E-state index contributed by atoms with van der Waals surface area (Å²) in [5.74, 6) is 1.70. The SMILES string of the molecule is COc1ccc(C(=O)OCC2=CC(=O)C(=O)CO2)cc1C12CC3CC(CC(C3)C1)C2. The lowest BCUT2D eigenvalue weighted by molar-refractivity contribution is -0.137. The Morgan fingerprint density at radius 3 is 2.37 bits per heavy atom. The van der Waals surface area contributed by atoms with Gasteiger partial charge in [0.15, 0.2) is 6.61 Å². The highest BCUT2D eigenvalue weighted by Crippen LogP contribution is 2.61. The van der Waals surface area contributed by atoms with Crippen LogP contribution in [0.3, 0.4) is 0 Å². The zero-order chi connectivity index (χ0) is 20.9. The lowest BCUT2D eigenvalue weighted by atomic mass is 9.48. The number of ether oxygens (including phenoxy) is 3. The quantitative estimate of drug-likeness (QED) is 0.547. The van der Waals surface area contributed by atoms with Crippen molar-refractivity contribution < 1.29 is 28.6 Å². The molecule has 6 heteroatoms. The van der Waals surface area contributed by atoms with E-state index in [-0.39, 0.29) is 24.4 Å². The molecule has 1 aliphatic heterocycles. The van der Waals surface area contributed by atoms with E-state index < -0.39 is 17.5 Å². The molecule has 1 aromatic carbocycles. The maximum atomic E-state index is 12.7. The van der Waals surface area contributed by atoms with Crippen LogP contribution in [0.4, 0.5) is 0 Å². The second kappa shape index (κ2) is 7.25. The van der Waals surface area contributed by atoms with E-state index in [1.54, 1.807) is 13.2 Å². The van der Waals surface area contributed by atoms with Gasteiger partial charge in [-0.05, 0) is 79.9 Å². The van der Waals surface area contributed by atoms with Crippen molar-refractivity contribution in [2.75, 3.05) is 20.3 Å². The first kappa shape index (κ1) is 19.3. The van der Waals surface area contributed by atoms with Crippen LogP contribution in [0.2, 0.25) is 0 Å². The summed E-state index contributed by atoms with van der Waals surface area (Å²) < 4.78 is 16.2. The standard InChI is InChI=1S/C24H26O6/c1-28-22-3-2-17(23(27)30-12-18-8-20(25)21(26)13-29-18)7-19(22)24-9-14-4-15(10-24)6-16(5-14)11-24/h2-3,7-8,14-16H,4-6,9-13H2,1H3. The van der Waals surface area contributed by atoms with Gasteiger partial charge in [0.1, 0.15) is 18.1 Å². The normalized spacial score (nSPS) is 31.9. The number of hydrogen-bond donors (Lipinski definition) is 0. The summed E-state index contributed by atoms with van der Waals surface area (Å²) in [5.41, 5.74) is 1.70. The van der Waals surface area contributed by atoms with E-state index in [0.717, 1.165) is 35.1 Å². The van der Waals surface area contributed by atoms with Crippen LogP contribution in [-0.2, 0) is 24.5 Å². The van der Waals surface area contributed by atoms with Gasteiger partial charge >= 0.3 is 5.97 Å². The third kappa shape index (κ3) is 3.32. The van der Waals surface area contributed by atoms with Gasteiger partial charge in [-0.25, -0.2) is 4.79 Å². The van der Waals surface area contributed by atoms with E-state index in [0.29, 0.717) is 5.56 Å². The molecule has 0 atom stereocenters. The molecular weight excluding hydrogens is 384 g/mol. The van der Waals surface area contributed by atoms with Crippen LogP contribution in [-0.4, -0.2) is 37.9 Å². The molecule has 4 saturated carbocycles. The number of hydrogen-bond acceptors (Lipinski definition) is 6. The molecule has 1 aromatic rings. The molecular formula is C24H26O6. The van der Waals surface area contributed by atoms with Crippen molar-refractivity contribution in [3.05, 3.63) is 41.2 Å². The van der Waals surface area contributed by atoms with E-state index in [1.807, 2.05) is 12.1 Å². The average molecular weight is 410 g/mol. The van der Waals surface area contributed by atoms with E-state index in [2.05, 4.69) is 0 Å². The molecule has 0 saturated heterocycles. The van der Waals surface area contributed by atoms with Gasteiger partial charge in [-0.15, -0.1) is 0 Å². The predicted molar refractivity (Wildman–Crippen MR) is 107 cm³/mol. The Balaban J connectivity index is 1.37. The van der Waals surface area contributed by atoms with Gasteiger partial charge in [-0.1, -0.05) is 0 Å². The van der Waals surface area contributed by atoms with Gasteiger partial charge < -0.3 is 14.2 Å². The number of Topliss-reactive ketones (excluding diaryl/α,β-unsaturated/α-hetero) is 1. The Morgan fingerprint density at radius 2 is 1.77 bits per heavy atom. The molecule has 6 nitrogen and oxygen atoms in total. The largest absolute Gasteiger partial charge is 0.496 e. The number of allylic oxidation sites excluding steroid dienone is 1. The molecule has 0 amide bonds. The van der Waals surface area contributed by atoms with Crippen molar-refractivity contribution in [2.24, 2.45) is 17.8 Å². The zero-order valence-electron chi connectivity index (χ0n) is 17.1. The third-order valence-corrected chi connectivity index (χ3v) is 7.35. The monoisotopic (exact) mass is 410 g/mol. The first-order valence-corrected chi connectivity index (χ1v) is 10.7. The van der Waals surface area contributed by atoms with Gasteiger partial charge in [-0.2, -0.15) is 0 Å². The summed E-state index contributed by atoms with van der Waals surface area (Å²) in [6, 6.07) is 5.53. The van der Waals surface area contributed by atoms with Crippen molar-refractivity contribution in [3.63, 3.8) is 0 Å². The number of ketones is 2. The molecule has 4 bridgehead atoms. The second-order valence-corrected chi connectivity index (χ2v) is 9.38. The van der Waals surface area contributed by atoms with Crippen LogP contribution in [0.15, 0.2) is 30.0 Å².